The van der Waals surface area contributed by atoms with Crippen LogP contribution in [0.1, 0.15) is 0 Å². The topological polar surface area (TPSA) is 72.5 Å². The average molecular weight is 426 g/mol. The molecular formula is C25H14O7. The van der Waals surface area contributed by atoms with E-state index in [1.54, 1.807) is 24.3 Å². The zero-order valence-electron chi connectivity index (χ0n) is 16.4. The minimum atomic E-state index is -0.829. The highest BCUT2D eigenvalue weighted by atomic mass is 17.2. The Labute approximate surface area is 182 Å². The molecular weight excluding hydrogens is 412 g/mol. The number of hydrogen-bond donors (Lipinski definition) is 0. The largest absolute Gasteiger partial charge is 0.519 e. The third-order valence-corrected chi connectivity index (χ3v) is 5.09. The molecule has 0 saturated carbocycles. The molecule has 0 aliphatic carbocycles. The fourth-order valence-electron chi connectivity index (χ4n) is 3.53. The van der Waals surface area contributed by atoms with Crippen LogP contribution < -0.4 is 29.0 Å². The molecule has 32 heavy (non-hydrogen) atoms. The Balaban J connectivity index is 1.11. The molecule has 0 fully saturated rings. The van der Waals surface area contributed by atoms with E-state index in [1.807, 2.05) is 60.7 Å². The first kappa shape index (κ1) is 18.1. The van der Waals surface area contributed by atoms with Crippen LogP contribution in [0.3, 0.4) is 0 Å². The highest BCUT2D eigenvalue weighted by Gasteiger charge is 2.18. The van der Waals surface area contributed by atoms with Gasteiger partial charge in [0.25, 0.3) is 0 Å². The van der Waals surface area contributed by atoms with Gasteiger partial charge in [0, 0.05) is 23.3 Å². The van der Waals surface area contributed by atoms with Crippen molar-refractivity contribution in [1.29, 1.82) is 0 Å². The summed E-state index contributed by atoms with van der Waals surface area (Å²) in [5, 5.41) is 0. The maximum absolute atomic E-state index is 12.2. The molecule has 0 aromatic heterocycles. The van der Waals surface area contributed by atoms with E-state index in [0.717, 1.165) is 22.3 Å². The van der Waals surface area contributed by atoms with Gasteiger partial charge in [-0.15, -0.1) is 0 Å². The van der Waals surface area contributed by atoms with Crippen molar-refractivity contribution in [3.05, 3.63) is 84.9 Å². The molecule has 4 aromatic rings. The lowest BCUT2D eigenvalue weighted by Gasteiger charge is -2.08. The minimum Gasteiger partial charge on any atom is -0.395 e. The van der Waals surface area contributed by atoms with E-state index in [1.165, 1.54) is 0 Å². The zero-order valence-corrected chi connectivity index (χ0v) is 16.4. The van der Waals surface area contributed by atoms with Gasteiger partial charge in [0.2, 0.25) is 0 Å². The summed E-state index contributed by atoms with van der Waals surface area (Å²) in [6.07, 6.45) is -0.829. The number of fused-ring (bicyclic) bond motifs is 4. The molecule has 156 valence electrons. The summed E-state index contributed by atoms with van der Waals surface area (Å²) in [7, 11) is 0. The number of carbonyl (C=O) groups excluding carboxylic acids is 1. The first-order chi connectivity index (χ1) is 15.7. The molecule has 4 bridgehead atoms. The molecule has 2 heterocycles. The fraction of sp³-hybridized carbons (Fsp3) is 0. The normalized spacial score (nSPS) is 12.2. The van der Waals surface area contributed by atoms with Crippen LogP contribution in [-0.4, -0.2) is 6.16 Å². The molecule has 0 spiro atoms. The molecule has 4 aromatic carbocycles. The van der Waals surface area contributed by atoms with Gasteiger partial charge >= 0.3 is 6.16 Å². The average Bonchev–Trinajstić information content (AvgIpc) is 3.38. The predicted octanol–water partition coefficient (Wildman–Crippen LogP) is 5.97. The van der Waals surface area contributed by atoms with Crippen LogP contribution in [0.5, 0.6) is 34.5 Å². The first-order valence-electron chi connectivity index (χ1n) is 9.79. The van der Waals surface area contributed by atoms with Crippen molar-refractivity contribution in [3.8, 4) is 56.8 Å². The Morgan fingerprint density at radius 3 is 1.41 bits per heavy atom. The van der Waals surface area contributed by atoms with Crippen LogP contribution >= 0.6 is 0 Å². The fourth-order valence-corrected chi connectivity index (χ4v) is 3.53. The van der Waals surface area contributed by atoms with Gasteiger partial charge < -0.3 is 9.47 Å². The van der Waals surface area contributed by atoms with Crippen molar-refractivity contribution in [2.75, 3.05) is 0 Å². The standard InChI is InChI=1S/C25H14O7/c26-25(27-17-5-1-15(2-6-17)21-11-9-19-13-23(21)31-29-19)28-18-7-3-16(4-8-18)22-12-10-20-14-24(22)32-30-20/h1-14H. The summed E-state index contributed by atoms with van der Waals surface area (Å²) in [4.78, 5) is 32.6. The molecule has 0 amide bonds. The lowest BCUT2D eigenvalue weighted by Crippen LogP contribution is -2.13. The minimum absolute atomic E-state index is 0.362. The maximum Gasteiger partial charge on any atom is 0.519 e. The van der Waals surface area contributed by atoms with Crippen LogP contribution in [0, 0.1) is 0 Å². The summed E-state index contributed by atoms with van der Waals surface area (Å²) >= 11 is 0. The smallest absolute Gasteiger partial charge is 0.395 e. The molecule has 0 unspecified atom stereocenters. The van der Waals surface area contributed by atoms with Crippen molar-refractivity contribution < 1.29 is 33.8 Å². The Hall–Kier alpha value is -4.65. The Bertz CT molecular complexity index is 1220. The second-order valence-electron chi connectivity index (χ2n) is 7.15. The SMILES string of the molecule is O=C(Oc1ccc(-c2ccc3cc2OO3)cc1)Oc1ccc(-c2ccc3cc2OO3)cc1. The lowest BCUT2D eigenvalue weighted by molar-refractivity contribution is -0.0842. The third kappa shape index (κ3) is 3.31. The second kappa shape index (κ2) is 7.24. The summed E-state index contributed by atoms with van der Waals surface area (Å²) < 4.78 is 10.6. The maximum atomic E-state index is 12.2. The summed E-state index contributed by atoms with van der Waals surface area (Å²) in [6, 6.07) is 25.1. The molecule has 0 radical (unpaired) electrons. The molecule has 7 nitrogen and oxygen atoms in total. The first-order valence-corrected chi connectivity index (χ1v) is 9.79. The van der Waals surface area contributed by atoms with Crippen LogP contribution in [0.4, 0.5) is 4.79 Å². The van der Waals surface area contributed by atoms with E-state index >= 15 is 0 Å². The number of hydrogen-bond acceptors (Lipinski definition) is 7. The van der Waals surface area contributed by atoms with Gasteiger partial charge in [-0.25, -0.2) is 4.79 Å². The van der Waals surface area contributed by atoms with Crippen LogP contribution in [0.25, 0.3) is 22.3 Å². The Morgan fingerprint density at radius 1 is 0.531 bits per heavy atom. The van der Waals surface area contributed by atoms with Gasteiger partial charge in [-0.05, 0) is 59.7 Å². The van der Waals surface area contributed by atoms with Crippen molar-refractivity contribution in [2.45, 2.75) is 0 Å². The van der Waals surface area contributed by atoms with E-state index in [0.29, 0.717) is 34.5 Å². The second-order valence-corrected chi connectivity index (χ2v) is 7.15. The van der Waals surface area contributed by atoms with Crippen molar-refractivity contribution in [1.82, 2.24) is 0 Å². The van der Waals surface area contributed by atoms with Crippen molar-refractivity contribution in [3.63, 3.8) is 0 Å². The Kier molecular flexibility index (Phi) is 4.11. The molecule has 0 saturated heterocycles. The van der Waals surface area contributed by atoms with Crippen molar-refractivity contribution in [2.24, 2.45) is 0 Å². The van der Waals surface area contributed by atoms with Crippen LogP contribution in [0.2, 0.25) is 0 Å². The lowest BCUT2D eigenvalue weighted by atomic mass is 10.0. The quantitative estimate of drug-likeness (QED) is 0.226. The van der Waals surface area contributed by atoms with Gasteiger partial charge in [0.1, 0.15) is 11.5 Å². The van der Waals surface area contributed by atoms with E-state index in [-0.39, 0.29) is 0 Å². The van der Waals surface area contributed by atoms with E-state index in [2.05, 4.69) is 0 Å². The van der Waals surface area contributed by atoms with Gasteiger partial charge in [0.15, 0.2) is 23.0 Å². The monoisotopic (exact) mass is 426 g/mol. The van der Waals surface area contributed by atoms with Crippen LogP contribution in [-0.2, 0) is 0 Å². The Morgan fingerprint density at radius 2 is 0.969 bits per heavy atom. The summed E-state index contributed by atoms with van der Waals surface area (Å²) in [5.74, 6) is 3.34. The number of ether oxygens (including phenoxy) is 2. The highest BCUT2D eigenvalue weighted by Crippen LogP contribution is 2.39. The molecule has 2 aliphatic rings. The van der Waals surface area contributed by atoms with E-state index in [4.69, 9.17) is 29.0 Å². The van der Waals surface area contributed by atoms with Gasteiger partial charge in [0.05, 0.1) is 0 Å². The molecule has 6 rings (SSSR count). The number of rotatable bonds is 4. The molecule has 2 aliphatic heterocycles. The number of benzene rings is 4. The zero-order chi connectivity index (χ0) is 21.5. The molecule has 0 atom stereocenters. The summed E-state index contributed by atoms with van der Waals surface area (Å²) in [5.41, 5.74) is 3.56. The molecule has 0 N–H and O–H groups in total. The van der Waals surface area contributed by atoms with Crippen molar-refractivity contribution >= 4 is 6.16 Å². The van der Waals surface area contributed by atoms with E-state index in [9.17, 15) is 4.79 Å². The predicted molar refractivity (Wildman–Crippen MR) is 113 cm³/mol. The molecule has 7 heteroatoms. The summed E-state index contributed by atoms with van der Waals surface area (Å²) in [6.45, 7) is 0. The van der Waals surface area contributed by atoms with Gasteiger partial charge in [-0.2, -0.15) is 0 Å². The van der Waals surface area contributed by atoms with E-state index < -0.39 is 6.16 Å². The van der Waals surface area contributed by atoms with Gasteiger partial charge in [-0.3, -0.25) is 19.6 Å². The highest BCUT2D eigenvalue weighted by molar-refractivity contribution is 5.75. The van der Waals surface area contributed by atoms with Crippen LogP contribution in [0.15, 0.2) is 84.9 Å². The van der Waals surface area contributed by atoms with Gasteiger partial charge in [-0.1, -0.05) is 24.3 Å². The number of carbonyl (C=O) groups is 1. The third-order valence-electron chi connectivity index (χ3n) is 5.09.